The highest BCUT2D eigenvalue weighted by Gasteiger charge is 2.34. The number of benzene rings is 2. The van der Waals surface area contributed by atoms with Crippen molar-refractivity contribution in [2.45, 2.75) is 36.9 Å². The van der Waals surface area contributed by atoms with Gasteiger partial charge in [0.2, 0.25) is 10.0 Å². The van der Waals surface area contributed by atoms with Gasteiger partial charge in [-0.2, -0.15) is 4.31 Å². The Balaban J connectivity index is 1.50. The second kappa shape index (κ2) is 9.45. The number of sulfonamides is 1. The lowest BCUT2D eigenvalue weighted by atomic mass is 10.0. The molecule has 2 N–H and O–H groups in total. The highest BCUT2D eigenvalue weighted by Crippen LogP contribution is 2.32. The molecule has 1 aromatic heterocycles. The molecule has 11 heteroatoms. The minimum absolute atomic E-state index is 0.0264. The number of amides is 1. The summed E-state index contributed by atoms with van der Waals surface area (Å²) >= 11 is 0. The zero-order chi connectivity index (χ0) is 25.6. The lowest BCUT2D eigenvalue weighted by Crippen LogP contribution is -2.36. The van der Waals surface area contributed by atoms with Crippen LogP contribution in [0.15, 0.2) is 41.3 Å². The van der Waals surface area contributed by atoms with Crippen molar-refractivity contribution in [3.63, 3.8) is 0 Å². The normalized spacial score (nSPS) is 20.8. The van der Waals surface area contributed by atoms with Crippen LogP contribution in [0.5, 0.6) is 0 Å². The number of carbonyl (C=O) groups excluding carboxylic acids is 1. The fourth-order valence-electron chi connectivity index (χ4n) is 4.72. The predicted molar refractivity (Wildman–Crippen MR) is 129 cm³/mol. The number of pyridine rings is 1. The van der Waals surface area contributed by atoms with E-state index in [1.165, 1.54) is 6.07 Å². The van der Waals surface area contributed by atoms with Gasteiger partial charge in [-0.3, -0.25) is 4.79 Å². The maximum absolute atomic E-state index is 15.2. The largest absolute Gasteiger partial charge is 0.348 e. The quantitative estimate of drug-likeness (QED) is 0.541. The Kier molecular flexibility index (Phi) is 6.48. The molecule has 1 amide bonds. The van der Waals surface area contributed by atoms with E-state index in [0.717, 1.165) is 29.4 Å². The molecule has 0 bridgehead atoms. The van der Waals surface area contributed by atoms with Gasteiger partial charge < -0.3 is 10.6 Å². The van der Waals surface area contributed by atoms with Gasteiger partial charge in [0, 0.05) is 36.6 Å². The number of nitrogens with one attached hydrogen (secondary N) is 2. The van der Waals surface area contributed by atoms with Crippen LogP contribution in [0.4, 0.5) is 13.2 Å². The first kappa shape index (κ1) is 24.7. The van der Waals surface area contributed by atoms with Crippen LogP contribution in [-0.2, 0) is 10.0 Å². The maximum Gasteiger partial charge on any atom is 0.251 e. The number of carbonyl (C=O) groups is 1. The molecular weight excluding hydrogens is 493 g/mol. The lowest BCUT2D eigenvalue weighted by Gasteiger charge is -2.17. The second-order valence-electron chi connectivity index (χ2n) is 9.23. The Bertz CT molecular complexity index is 1440. The molecule has 0 aliphatic carbocycles. The Morgan fingerprint density at radius 3 is 2.53 bits per heavy atom. The molecule has 3 heterocycles. The van der Waals surface area contributed by atoms with Crippen LogP contribution in [0.2, 0.25) is 0 Å². The van der Waals surface area contributed by atoms with Gasteiger partial charge in [0.25, 0.3) is 5.91 Å². The maximum atomic E-state index is 15.2. The van der Waals surface area contributed by atoms with Gasteiger partial charge in [-0.1, -0.05) is 6.07 Å². The first-order valence-corrected chi connectivity index (χ1v) is 13.1. The van der Waals surface area contributed by atoms with Crippen molar-refractivity contribution in [1.82, 2.24) is 19.9 Å². The molecule has 190 valence electrons. The van der Waals surface area contributed by atoms with E-state index in [2.05, 4.69) is 15.6 Å². The summed E-state index contributed by atoms with van der Waals surface area (Å²) in [6.45, 7) is 2.89. The summed E-state index contributed by atoms with van der Waals surface area (Å²) in [5.74, 6) is -2.46. The first-order chi connectivity index (χ1) is 17.1. The number of hydrogen-bond donors (Lipinski definition) is 2. The van der Waals surface area contributed by atoms with Gasteiger partial charge in [0.15, 0.2) is 0 Å². The molecular formula is C25H25F3N4O3S. The van der Waals surface area contributed by atoms with Crippen LogP contribution in [0.25, 0.3) is 22.2 Å². The van der Waals surface area contributed by atoms with Crippen LogP contribution >= 0.6 is 0 Å². The molecule has 2 fully saturated rings. The van der Waals surface area contributed by atoms with Crippen LogP contribution < -0.4 is 10.6 Å². The van der Waals surface area contributed by atoms with E-state index in [9.17, 15) is 17.6 Å². The van der Waals surface area contributed by atoms with Gasteiger partial charge in [-0.25, -0.2) is 26.6 Å². The van der Waals surface area contributed by atoms with E-state index in [1.807, 2.05) is 0 Å². The molecule has 2 aliphatic rings. The average molecular weight is 519 g/mol. The number of nitrogens with zero attached hydrogens (tertiary/aromatic N) is 2. The second-order valence-corrected chi connectivity index (χ2v) is 11.2. The van der Waals surface area contributed by atoms with Gasteiger partial charge in [0.1, 0.15) is 17.8 Å². The Hall–Kier alpha value is -3.02. The van der Waals surface area contributed by atoms with Crippen LogP contribution in [-0.4, -0.2) is 62.0 Å². The SMILES string of the molecule is Cc1cc(-c2c(F)cc(S(=O)(=O)N3CCC(F)C3)cc2F)nc2cc(C(=O)NC3CCNC3)ccc12. The number of rotatable bonds is 5. The Labute approximate surface area is 206 Å². The molecule has 0 saturated carbocycles. The first-order valence-electron chi connectivity index (χ1n) is 11.7. The summed E-state index contributed by atoms with van der Waals surface area (Å²) in [4.78, 5) is 16.5. The fraction of sp³-hybridized carbons (Fsp3) is 0.360. The topological polar surface area (TPSA) is 91.4 Å². The number of halogens is 3. The molecule has 2 saturated heterocycles. The molecule has 3 aromatic rings. The lowest BCUT2D eigenvalue weighted by molar-refractivity contribution is 0.0940. The van der Waals surface area contributed by atoms with Crippen molar-refractivity contribution in [2.75, 3.05) is 26.2 Å². The molecule has 5 rings (SSSR count). The van der Waals surface area contributed by atoms with E-state index in [4.69, 9.17) is 0 Å². The summed E-state index contributed by atoms with van der Waals surface area (Å²) < 4.78 is 70.2. The number of hydrogen-bond acceptors (Lipinski definition) is 5. The van der Waals surface area contributed by atoms with Gasteiger partial charge in [-0.05, 0) is 62.2 Å². The summed E-state index contributed by atoms with van der Waals surface area (Å²) in [6.07, 6.45) is -0.433. The molecule has 36 heavy (non-hydrogen) atoms. The van der Waals surface area contributed by atoms with E-state index in [1.54, 1.807) is 25.1 Å². The molecule has 2 aromatic carbocycles. The van der Waals surface area contributed by atoms with Crippen molar-refractivity contribution in [3.8, 4) is 11.3 Å². The average Bonchev–Trinajstić information content (AvgIpc) is 3.50. The molecule has 0 radical (unpaired) electrons. The minimum atomic E-state index is -4.24. The summed E-state index contributed by atoms with van der Waals surface area (Å²) in [5, 5.41) is 6.85. The molecule has 2 aliphatic heterocycles. The third-order valence-corrected chi connectivity index (χ3v) is 8.52. The molecule has 2 unspecified atom stereocenters. The van der Waals surface area contributed by atoms with Crippen molar-refractivity contribution in [3.05, 3.63) is 59.2 Å². The van der Waals surface area contributed by atoms with Crippen LogP contribution in [0.3, 0.4) is 0 Å². The van der Waals surface area contributed by atoms with Crippen molar-refractivity contribution < 1.29 is 26.4 Å². The van der Waals surface area contributed by atoms with E-state index in [-0.39, 0.29) is 37.2 Å². The van der Waals surface area contributed by atoms with Crippen molar-refractivity contribution >= 4 is 26.8 Å². The monoisotopic (exact) mass is 518 g/mol. The standard InChI is InChI=1S/C25H25F3N4O3S/c1-14-8-23(31-22-9-15(2-3-19(14)22)25(33)30-17-4-6-29-12-17)24-20(27)10-18(11-21(24)28)36(34,35)32-7-5-16(26)13-32/h2-3,8-11,16-17,29H,4-7,12-13H2,1H3,(H,30,33). The Morgan fingerprint density at radius 2 is 1.89 bits per heavy atom. The molecule has 0 spiro atoms. The van der Waals surface area contributed by atoms with Crippen LogP contribution in [0.1, 0.15) is 28.8 Å². The Morgan fingerprint density at radius 1 is 1.14 bits per heavy atom. The highest BCUT2D eigenvalue weighted by molar-refractivity contribution is 7.89. The van der Waals surface area contributed by atoms with Crippen LogP contribution in [0, 0.1) is 18.6 Å². The fourth-order valence-corrected chi connectivity index (χ4v) is 6.22. The number of aryl methyl sites for hydroxylation is 1. The third-order valence-electron chi connectivity index (χ3n) is 6.68. The zero-order valence-corrected chi connectivity index (χ0v) is 20.3. The van der Waals surface area contributed by atoms with E-state index in [0.29, 0.717) is 28.6 Å². The van der Waals surface area contributed by atoms with Gasteiger partial charge in [-0.15, -0.1) is 0 Å². The van der Waals surface area contributed by atoms with Crippen molar-refractivity contribution in [2.24, 2.45) is 0 Å². The number of aromatic nitrogens is 1. The number of fused-ring (bicyclic) bond motifs is 1. The predicted octanol–water partition coefficient (Wildman–Crippen LogP) is 3.31. The zero-order valence-electron chi connectivity index (χ0n) is 19.5. The molecule has 2 atom stereocenters. The van der Waals surface area contributed by atoms with Crippen molar-refractivity contribution in [1.29, 1.82) is 0 Å². The van der Waals surface area contributed by atoms with Gasteiger partial charge in [0.05, 0.1) is 21.7 Å². The minimum Gasteiger partial charge on any atom is -0.348 e. The summed E-state index contributed by atoms with van der Waals surface area (Å²) in [7, 11) is -4.24. The number of alkyl halides is 1. The van der Waals surface area contributed by atoms with E-state index >= 15 is 8.78 Å². The molecule has 7 nitrogen and oxygen atoms in total. The van der Waals surface area contributed by atoms with Gasteiger partial charge >= 0.3 is 0 Å². The van der Waals surface area contributed by atoms with E-state index < -0.39 is 38.3 Å². The highest BCUT2D eigenvalue weighted by atomic mass is 32.2. The third kappa shape index (κ3) is 4.58. The smallest absolute Gasteiger partial charge is 0.251 e. The summed E-state index contributed by atoms with van der Waals surface area (Å²) in [6, 6.07) is 7.99. The summed E-state index contributed by atoms with van der Waals surface area (Å²) in [5.41, 5.74) is 0.932.